The molecule has 7 nitrogen and oxygen atoms in total. The first kappa shape index (κ1) is 15.4. The Bertz CT molecular complexity index is 713. The fourth-order valence-electron chi connectivity index (χ4n) is 2.42. The smallest absolute Gasteiger partial charge is 0.280 e. The lowest BCUT2D eigenvalue weighted by Crippen LogP contribution is -2.26. The SMILES string of the molecule is Cn1c(CNC(=O)c2cc(C(F)F)ncn2)nnc1C1CCC1. The Hall–Kier alpha value is -2.45. The predicted molar refractivity (Wildman–Crippen MR) is 75.8 cm³/mol. The summed E-state index contributed by atoms with van der Waals surface area (Å²) in [5.74, 6) is 1.42. The number of rotatable bonds is 5. The lowest BCUT2D eigenvalue weighted by Gasteiger charge is -2.24. The molecule has 0 spiro atoms. The highest BCUT2D eigenvalue weighted by Crippen LogP contribution is 2.35. The maximum Gasteiger partial charge on any atom is 0.280 e. The van der Waals surface area contributed by atoms with Gasteiger partial charge in [0.25, 0.3) is 12.3 Å². The number of carbonyl (C=O) groups is 1. The molecule has 1 aliphatic carbocycles. The molecule has 0 aliphatic heterocycles. The van der Waals surface area contributed by atoms with Crippen LogP contribution < -0.4 is 5.32 Å². The zero-order valence-electron chi connectivity index (χ0n) is 12.5. The van der Waals surface area contributed by atoms with Crippen LogP contribution in [0.5, 0.6) is 0 Å². The van der Waals surface area contributed by atoms with E-state index in [2.05, 4.69) is 25.5 Å². The minimum absolute atomic E-state index is 0.100. The van der Waals surface area contributed by atoms with Gasteiger partial charge in [0.15, 0.2) is 5.82 Å². The number of halogens is 2. The van der Waals surface area contributed by atoms with Crippen molar-refractivity contribution in [3.63, 3.8) is 0 Å². The van der Waals surface area contributed by atoms with Gasteiger partial charge in [0, 0.05) is 13.0 Å². The predicted octanol–water partition coefficient (Wildman–Crippen LogP) is 1.74. The maximum atomic E-state index is 12.6. The van der Waals surface area contributed by atoms with Crippen molar-refractivity contribution in [1.29, 1.82) is 0 Å². The Morgan fingerprint density at radius 1 is 1.39 bits per heavy atom. The van der Waals surface area contributed by atoms with Gasteiger partial charge in [0.05, 0.1) is 6.54 Å². The molecule has 122 valence electrons. The van der Waals surface area contributed by atoms with E-state index in [1.165, 1.54) is 6.42 Å². The highest BCUT2D eigenvalue weighted by Gasteiger charge is 2.25. The number of carbonyl (C=O) groups excluding carboxylic acids is 1. The lowest BCUT2D eigenvalue weighted by atomic mass is 9.85. The van der Waals surface area contributed by atoms with Crippen LogP contribution in [0.4, 0.5) is 8.78 Å². The highest BCUT2D eigenvalue weighted by molar-refractivity contribution is 5.92. The van der Waals surface area contributed by atoms with Crippen LogP contribution in [0.2, 0.25) is 0 Å². The van der Waals surface area contributed by atoms with Crippen molar-refractivity contribution in [3.05, 3.63) is 35.4 Å². The summed E-state index contributed by atoms with van der Waals surface area (Å²) in [6.45, 7) is 0.156. The average molecular weight is 322 g/mol. The fraction of sp³-hybridized carbons (Fsp3) is 0.500. The molecule has 9 heteroatoms. The van der Waals surface area contributed by atoms with Crippen LogP contribution >= 0.6 is 0 Å². The van der Waals surface area contributed by atoms with E-state index in [4.69, 9.17) is 0 Å². The van der Waals surface area contributed by atoms with E-state index in [-0.39, 0.29) is 12.2 Å². The van der Waals surface area contributed by atoms with Crippen LogP contribution in [0.25, 0.3) is 0 Å². The Morgan fingerprint density at radius 2 is 2.17 bits per heavy atom. The molecule has 0 atom stereocenters. The summed E-state index contributed by atoms with van der Waals surface area (Å²) < 4.78 is 27.0. The number of amides is 1. The van der Waals surface area contributed by atoms with Crippen molar-refractivity contribution in [3.8, 4) is 0 Å². The molecule has 2 aromatic rings. The number of nitrogens with zero attached hydrogens (tertiary/aromatic N) is 5. The Labute approximate surface area is 131 Å². The third kappa shape index (κ3) is 3.17. The number of hydrogen-bond donors (Lipinski definition) is 1. The van der Waals surface area contributed by atoms with Gasteiger partial charge in [0.1, 0.15) is 23.5 Å². The van der Waals surface area contributed by atoms with Gasteiger partial charge in [-0.25, -0.2) is 18.7 Å². The molecule has 0 saturated heterocycles. The third-order valence-corrected chi connectivity index (χ3v) is 4.02. The molecular weight excluding hydrogens is 306 g/mol. The second-order valence-corrected chi connectivity index (χ2v) is 5.47. The molecule has 2 aromatic heterocycles. The van der Waals surface area contributed by atoms with Crippen LogP contribution in [0.15, 0.2) is 12.4 Å². The topological polar surface area (TPSA) is 85.6 Å². The van der Waals surface area contributed by atoms with E-state index in [0.717, 1.165) is 31.1 Å². The minimum atomic E-state index is -2.74. The monoisotopic (exact) mass is 322 g/mol. The van der Waals surface area contributed by atoms with Crippen molar-refractivity contribution in [1.82, 2.24) is 30.0 Å². The molecule has 3 rings (SSSR count). The molecular formula is C14H16F2N6O. The van der Waals surface area contributed by atoms with Crippen molar-refractivity contribution in [2.24, 2.45) is 7.05 Å². The molecule has 0 aromatic carbocycles. The largest absolute Gasteiger partial charge is 0.343 e. The maximum absolute atomic E-state index is 12.6. The average Bonchev–Trinajstić information content (AvgIpc) is 2.84. The number of nitrogens with one attached hydrogen (secondary N) is 1. The van der Waals surface area contributed by atoms with Crippen molar-refractivity contribution in [2.45, 2.75) is 38.2 Å². The summed E-state index contributed by atoms with van der Waals surface area (Å²) >= 11 is 0. The van der Waals surface area contributed by atoms with Gasteiger partial charge >= 0.3 is 0 Å². The first-order valence-corrected chi connectivity index (χ1v) is 7.32. The van der Waals surface area contributed by atoms with Crippen LogP contribution in [0, 0.1) is 0 Å². The first-order chi connectivity index (χ1) is 11.1. The van der Waals surface area contributed by atoms with Crippen molar-refractivity contribution >= 4 is 5.91 Å². The zero-order valence-corrected chi connectivity index (χ0v) is 12.5. The molecule has 2 heterocycles. The van der Waals surface area contributed by atoms with Gasteiger partial charge in [-0.3, -0.25) is 4.79 Å². The molecule has 23 heavy (non-hydrogen) atoms. The van der Waals surface area contributed by atoms with Crippen LogP contribution in [0.1, 0.15) is 59.4 Å². The lowest BCUT2D eigenvalue weighted by molar-refractivity contribution is 0.0943. The Balaban J connectivity index is 1.65. The van der Waals surface area contributed by atoms with Gasteiger partial charge in [-0.15, -0.1) is 10.2 Å². The summed E-state index contributed by atoms with van der Waals surface area (Å²) in [4.78, 5) is 19.1. The summed E-state index contributed by atoms with van der Waals surface area (Å²) in [5, 5.41) is 10.9. The van der Waals surface area contributed by atoms with E-state index in [1.807, 2.05) is 11.6 Å². The molecule has 1 fully saturated rings. The summed E-state index contributed by atoms with van der Waals surface area (Å²) in [7, 11) is 1.86. The standard InChI is InChI=1S/C14H16F2N6O/c1-22-11(20-21-13(22)8-3-2-4-8)6-17-14(23)10-5-9(12(15)16)18-7-19-10/h5,7-8,12H,2-4,6H2,1H3,(H,17,23). The summed E-state index contributed by atoms with van der Waals surface area (Å²) in [6.07, 6.45) is 1.62. The molecule has 1 N–H and O–H groups in total. The van der Waals surface area contributed by atoms with Crippen LogP contribution in [-0.4, -0.2) is 30.6 Å². The highest BCUT2D eigenvalue weighted by atomic mass is 19.3. The summed E-state index contributed by atoms with van der Waals surface area (Å²) in [6, 6.07) is 0.983. The number of alkyl halides is 2. The van der Waals surface area contributed by atoms with E-state index in [9.17, 15) is 13.6 Å². The van der Waals surface area contributed by atoms with E-state index in [0.29, 0.717) is 11.7 Å². The normalized spacial score (nSPS) is 14.8. The Kier molecular flexibility index (Phi) is 4.26. The van der Waals surface area contributed by atoms with Gasteiger partial charge in [-0.1, -0.05) is 6.42 Å². The molecule has 1 amide bonds. The number of aromatic nitrogens is 5. The van der Waals surface area contributed by atoms with Gasteiger partial charge in [-0.2, -0.15) is 0 Å². The number of hydrogen-bond acceptors (Lipinski definition) is 5. The Morgan fingerprint density at radius 3 is 2.83 bits per heavy atom. The second kappa shape index (κ2) is 6.35. The second-order valence-electron chi connectivity index (χ2n) is 5.47. The molecule has 0 radical (unpaired) electrons. The van der Waals surface area contributed by atoms with Crippen LogP contribution in [0.3, 0.4) is 0 Å². The molecule has 0 bridgehead atoms. The van der Waals surface area contributed by atoms with Crippen molar-refractivity contribution < 1.29 is 13.6 Å². The quantitative estimate of drug-likeness (QED) is 0.906. The van der Waals surface area contributed by atoms with Gasteiger partial charge in [0.2, 0.25) is 0 Å². The van der Waals surface area contributed by atoms with E-state index < -0.39 is 18.0 Å². The first-order valence-electron chi connectivity index (χ1n) is 7.32. The van der Waals surface area contributed by atoms with E-state index in [1.54, 1.807) is 0 Å². The zero-order chi connectivity index (χ0) is 16.4. The van der Waals surface area contributed by atoms with Crippen LogP contribution in [-0.2, 0) is 13.6 Å². The molecule has 1 saturated carbocycles. The minimum Gasteiger partial charge on any atom is -0.343 e. The van der Waals surface area contributed by atoms with E-state index >= 15 is 0 Å². The van der Waals surface area contributed by atoms with Crippen molar-refractivity contribution in [2.75, 3.05) is 0 Å². The molecule has 0 unspecified atom stereocenters. The van der Waals surface area contributed by atoms with Gasteiger partial charge in [-0.05, 0) is 18.9 Å². The molecule has 1 aliphatic rings. The fourth-order valence-corrected chi connectivity index (χ4v) is 2.42. The third-order valence-electron chi connectivity index (χ3n) is 4.02. The summed E-state index contributed by atoms with van der Waals surface area (Å²) in [5.41, 5.74) is -0.576. The van der Waals surface area contributed by atoms with Gasteiger partial charge < -0.3 is 9.88 Å².